The lowest BCUT2D eigenvalue weighted by Gasteiger charge is -2.29. The third-order valence-electron chi connectivity index (χ3n) is 8.25. The molecule has 9 heteroatoms. The summed E-state index contributed by atoms with van der Waals surface area (Å²) in [6.07, 6.45) is 29.6. The Balaban J connectivity index is 4.57. The zero-order valence-corrected chi connectivity index (χ0v) is 31.0. The molecule has 0 aromatic rings. The van der Waals surface area contributed by atoms with Crippen LogP contribution in [0.1, 0.15) is 162 Å². The fourth-order valence-electron chi connectivity index (χ4n) is 5.21. The van der Waals surface area contributed by atoms with Crippen molar-refractivity contribution in [3.63, 3.8) is 0 Å². The number of allylic oxidation sites excluding steroid dienone is 1. The van der Waals surface area contributed by atoms with E-state index in [1.165, 1.54) is 103 Å². The Morgan fingerprint density at radius 3 is 1.67 bits per heavy atom. The predicted octanol–water partition coefficient (Wildman–Crippen LogP) is 8.61. The van der Waals surface area contributed by atoms with Crippen molar-refractivity contribution in [1.82, 2.24) is 5.32 Å². The summed E-state index contributed by atoms with van der Waals surface area (Å²) in [4.78, 5) is 25.1. The smallest absolute Gasteiger partial charge is 0.268 e. The lowest BCUT2D eigenvalue weighted by Crippen LogP contribution is -2.45. The molecule has 0 aliphatic heterocycles. The minimum Gasteiger partial charge on any atom is -0.756 e. The molecule has 8 nitrogen and oxygen atoms in total. The molecule has 0 spiro atoms. The summed E-state index contributed by atoms with van der Waals surface area (Å²) < 4.78 is 23.0. The van der Waals surface area contributed by atoms with E-state index in [9.17, 15) is 19.4 Å². The van der Waals surface area contributed by atoms with Gasteiger partial charge in [-0.15, -0.1) is 0 Å². The van der Waals surface area contributed by atoms with E-state index in [4.69, 9.17) is 9.05 Å². The summed E-state index contributed by atoms with van der Waals surface area (Å²) >= 11 is 0. The van der Waals surface area contributed by atoms with Gasteiger partial charge in [-0.05, 0) is 19.3 Å². The lowest BCUT2D eigenvalue weighted by molar-refractivity contribution is -0.870. The second kappa shape index (κ2) is 29.4. The maximum atomic E-state index is 12.7. The molecule has 0 bridgehead atoms. The summed E-state index contributed by atoms with van der Waals surface area (Å²) in [5.74, 6) is -0.201. The molecule has 0 saturated carbocycles. The number of quaternary nitrogens is 1. The number of amides is 1. The van der Waals surface area contributed by atoms with E-state index in [0.29, 0.717) is 17.4 Å². The van der Waals surface area contributed by atoms with Crippen molar-refractivity contribution in [1.29, 1.82) is 0 Å². The zero-order valence-electron chi connectivity index (χ0n) is 30.1. The van der Waals surface area contributed by atoms with E-state index in [1.54, 1.807) is 6.08 Å². The zero-order chi connectivity index (χ0) is 33.7. The average molecular weight is 661 g/mol. The molecule has 268 valence electrons. The number of phosphoric acid groups is 1. The number of aliphatic hydroxyl groups is 1. The standard InChI is InChI=1S/C36H73N2O6P/c1-6-8-10-12-14-16-18-20-21-23-25-27-29-35(39)34(33-44-45(41,42)43-32-31-38(3,4)5)37-36(40)30-28-26-24-22-19-17-15-13-11-9-7-2/h27,29,34-35,39H,6-26,28,30-33H2,1-5H3,(H-,37,40,41,42)/b29-27+/t34-,35+/m0/s1. The number of hydrogen-bond acceptors (Lipinski definition) is 6. The topological polar surface area (TPSA) is 108 Å². The number of hydrogen-bond donors (Lipinski definition) is 2. The van der Waals surface area contributed by atoms with Gasteiger partial charge in [-0.2, -0.15) is 0 Å². The molecule has 0 aromatic heterocycles. The molecule has 0 aromatic carbocycles. The van der Waals surface area contributed by atoms with Crippen LogP contribution in [0.3, 0.4) is 0 Å². The number of aliphatic hydroxyl groups excluding tert-OH is 1. The summed E-state index contributed by atoms with van der Waals surface area (Å²) in [6.45, 7) is 4.61. The van der Waals surface area contributed by atoms with Gasteiger partial charge in [0.2, 0.25) is 5.91 Å². The van der Waals surface area contributed by atoms with Crippen molar-refractivity contribution in [3.8, 4) is 0 Å². The monoisotopic (exact) mass is 661 g/mol. The largest absolute Gasteiger partial charge is 0.756 e. The van der Waals surface area contributed by atoms with Gasteiger partial charge in [0, 0.05) is 6.42 Å². The third-order valence-corrected chi connectivity index (χ3v) is 9.21. The summed E-state index contributed by atoms with van der Waals surface area (Å²) in [6, 6.07) is -0.876. The van der Waals surface area contributed by atoms with Crippen molar-refractivity contribution < 1.29 is 32.9 Å². The van der Waals surface area contributed by atoms with Crippen LogP contribution < -0.4 is 10.2 Å². The Morgan fingerprint density at radius 2 is 1.20 bits per heavy atom. The van der Waals surface area contributed by atoms with E-state index in [2.05, 4.69) is 19.2 Å². The van der Waals surface area contributed by atoms with Crippen LogP contribution in [0.15, 0.2) is 12.2 Å². The van der Waals surface area contributed by atoms with E-state index >= 15 is 0 Å². The maximum Gasteiger partial charge on any atom is 0.268 e. The summed E-state index contributed by atoms with van der Waals surface area (Å²) in [5, 5.41) is 13.7. The van der Waals surface area contributed by atoms with E-state index in [0.717, 1.165) is 38.5 Å². The van der Waals surface area contributed by atoms with Gasteiger partial charge in [-0.25, -0.2) is 0 Å². The van der Waals surface area contributed by atoms with E-state index in [1.807, 2.05) is 27.2 Å². The molecule has 2 N–H and O–H groups in total. The highest BCUT2D eigenvalue weighted by atomic mass is 31.2. The normalized spacial score (nSPS) is 14.9. The molecule has 3 atom stereocenters. The molecule has 0 radical (unpaired) electrons. The number of carbonyl (C=O) groups excluding carboxylic acids is 1. The molecule has 0 rings (SSSR count). The van der Waals surface area contributed by atoms with Gasteiger partial charge in [0.25, 0.3) is 7.82 Å². The number of likely N-dealkylation sites (N-methyl/N-ethyl adjacent to an activating group) is 1. The second-order valence-corrected chi connectivity index (χ2v) is 15.3. The molecule has 1 amide bonds. The predicted molar refractivity (Wildman–Crippen MR) is 187 cm³/mol. The summed E-state index contributed by atoms with van der Waals surface area (Å²) in [7, 11) is 1.26. The first kappa shape index (κ1) is 44.2. The number of unbranched alkanes of at least 4 members (excludes halogenated alkanes) is 20. The minimum atomic E-state index is -4.57. The van der Waals surface area contributed by atoms with Gasteiger partial charge in [0.15, 0.2) is 0 Å². The van der Waals surface area contributed by atoms with Crippen LogP contribution >= 0.6 is 7.82 Å². The molecular formula is C36H73N2O6P. The van der Waals surface area contributed by atoms with Crippen LogP contribution in [0.5, 0.6) is 0 Å². The van der Waals surface area contributed by atoms with Crippen molar-refractivity contribution in [2.24, 2.45) is 0 Å². The molecule has 45 heavy (non-hydrogen) atoms. The van der Waals surface area contributed by atoms with E-state index in [-0.39, 0.29) is 19.1 Å². The van der Waals surface area contributed by atoms with Gasteiger partial charge >= 0.3 is 0 Å². The van der Waals surface area contributed by atoms with Crippen molar-refractivity contribution >= 4 is 13.7 Å². The fourth-order valence-corrected chi connectivity index (χ4v) is 5.93. The third kappa shape index (κ3) is 31.6. The Kier molecular flexibility index (Phi) is 28.9. The Morgan fingerprint density at radius 1 is 0.756 bits per heavy atom. The SMILES string of the molecule is CCCCCCCCCCCC/C=C/[C@@H](O)[C@H](COP(=O)([O-])OCC[N+](C)(C)C)NC(=O)CCCCCCCCCCCCC. The number of nitrogens with zero attached hydrogens (tertiary/aromatic N) is 1. The van der Waals surface area contributed by atoms with Crippen molar-refractivity contribution in [2.75, 3.05) is 40.9 Å². The molecule has 0 fully saturated rings. The highest BCUT2D eigenvalue weighted by Crippen LogP contribution is 2.38. The minimum absolute atomic E-state index is 0.00146. The maximum absolute atomic E-state index is 12.7. The van der Waals surface area contributed by atoms with Crippen LogP contribution in [0.2, 0.25) is 0 Å². The Bertz CT molecular complexity index is 758. The lowest BCUT2D eigenvalue weighted by atomic mass is 10.0. The highest BCUT2D eigenvalue weighted by Gasteiger charge is 2.23. The first-order valence-corrected chi connectivity index (χ1v) is 20.0. The fraction of sp³-hybridized carbons (Fsp3) is 0.917. The van der Waals surface area contributed by atoms with Crippen molar-refractivity contribution in [3.05, 3.63) is 12.2 Å². The molecular weight excluding hydrogens is 587 g/mol. The van der Waals surface area contributed by atoms with Crippen LogP contribution in [0.4, 0.5) is 0 Å². The van der Waals surface area contributed by atoms with Gasteiger partial charge < -0.3 is 28.8 Å². The molecule has 0 saturated heterocycles. The first-order valence-electron chi connectivity index (χ1n) is 18.6. The van der Waals surface area contributed by atoms with Gasteiger partial charge in [-0.3, -0.25) is 9.36 Å². The molecule has 1 unspecified atom stereocenters. The highest BCUT2D eigenvalue weighted by molar-refractivity contribution is 7.45. The number of carbonyl (C=O) groups is 1. The Labute approximate surface area is 278 Å². The van der Waals surface area contributed by atoms with Gasteiger partial charge in [0.05, 0.1) is 39.9 Å². The molecule has 0 heterocycles. The number of rotatable bonds is 33. The second-order valence-electron chi connectivity index (χ2n) is 13.9. The van der Waals surface area contributed by atoms with Crippen LogP contribution in [0, 0.1) is 0 Å². The van der Waals surface area contributed by atoms with Crippen LogP contribution in [-0.4, -0.2) is 68.5 Å². The van der Waals surface area contributed by atoms with Gasteiger partial charge in [0.1, 0.15) is 13.2 Å². The number of nitrogens with one attached hydrogen (secondary N) is 1. The van der Waals surface area contributed by atoms with Crippen LogP contribution in [-0.2, 0) is 18.4 Å². The molecule has 0 aliphatic rings. The summed E-state index contributed by atoms with van der Waals surface area (Å²) in [5.41, 5.74) is 0. The van der Waals surface area contributed by atoms with E-state index < -0.39 is 20.0 Å². The van der Waals surface area contributed by atoms with Gasteiger partial charge in [-0.1, -0.05) is 148 Å². The Hall–Kier alpha value is -0.760. The van der Waals surface area contributed by atoms with Crippen molar-refractivity contribution in [2.45, 2.75) is 174 Å². The quantitative estimate of drug-likeness (QED) is 0.0316. The number of phosphoric ester groups is 1. The van der Waals surface area contributed by atoms with Crippen LogP contribution in [0.25, 0.3) is 0 Å². The molecule has 0 aliphatic carbocycles. The average Bonchev–Trinajstić information content (AvgIpc) is 2.97. The first-order chi connectivity index (χ1) is 21.5.